The van der Waals surface area contributed by atoms with Crippen LogP contribution in [0.25, 0.3) is 0 Å². The maximum Gasteiger partial charge on any atom is 0.508 e. The summed E-state index contributed by atoms with van der Waals surface area (Å²) in [7, 11) is 0. The van der Waals surface area contributed by atoms with Crippen LogP contribution in [0.4, 0.5) is 4.79 Å². The smallest absolute Gasteiger partial charge is 0.458 e. The van der Waals surface area contributed by atoms with Crippen molar-refractivity contribution in [3.05, 3.63) is 23.8 Å². The van der Waals surface area contributed by atoms with Crippen molar-refractivity contribution < 1.29 is 42.9 Å². The molecule has 10 heteroatoms. The Bertz CT molecular complexity index is 902. The average molecular weight is 524 g/mol. The molecule has 1 aromatic rings. The Balaban J connectivity index is 2.92. The van der Waals surface area contributed by atoms with Gasteiger partial charge in [0.2, 0.25) is 0 Å². The summed E-state index contributed by atoms with van der Waals surface area (Å²) in [6.07, 6.45) is 0.563. The highest BCUT2D eigenvalue weighted by Crippen LogP contribution is 2.30. The first kappa shape index (κ1) is 31.9. The lowest BCUT2D eigenvalue weighted by Crippen LogP contribution is -2.37. The average Bonchev–Trinajstić information content (AvgIpc) is 2.84. The van der Waals surface area contributed by atoms with Gasteiger partial charge in [0.25, 0.3) is 0 Å². The van der Waals surface area contributed by atoms with E-state index in [4.69, 9.17) is 24.7 Å². The van der Waals surface area contributed by atoms with E-state index in [0.717, 1.165) is 12.8 Å². The molecule has 0 heterocycles. The van der Waals surface area contributed by atoms with E-state index >= 15 is 0 Å². The summed E-state index contributed by atoms with van der Waals surface area (Å²) in [5.74, 6) is -1.09. The van der Waals surface area contributed by atoms with Crippen LogP contribution in [0.5, 0.6) is 11.5 Å². The van der Waals surface area contributed by atoms with Gasteiger partial charge in [-0.15, -0.1) is 0 Å². The number of esters is 3. The Morgan fingerprint density at radius 3 is 1.95 bits per heavy atom. The molecule has 0 fully saturated rings. The number of carbonyl (C=O) groups is 4. The van der Waals surface area contributed by atoms with Crippen molar-refractivity contribution in [3.8, 4) is 11.5 Å². The summed E-state index contributed by atoms with van der Waals surface area (Å²) in [4.78, 5) is 48.5. The van der Waals surface area contributed by atoms with Gasteiger partial charge in [0.15, 0.2) is 11.5 Å². The Kier molecular flexibility index (Phi) is 14.3. The molecule has 0 aliphatic carbocycles. The number of rotatable bonds is 15. The van der Waals surface area contributed by atoms with Crippen LogP contribution in [0.15, 0.2) is 18.2 Å². The molecule has 2 unspecified atom stereocenters. The van der Waals surface area contributed by atoms with E-state index in [2.05, 4.69) is 4.74 Å². The van der Waals surface area contributed by atoms with E-state index in [1.807, 2.05) is 27.7 Å². The van der Waals surface area contributed by atoms with Crippen LogP contribution < -0.4 is 15.2 Å². The predicted molar refractivity (Wildman–Crippen MR) is 136 cm³/mol. The second kappa shape index (κ2) is 16.6. The zero-order valence-electron chi connectivity index (χ0n) is 22.7. The van der Waals surface area contributed by atoms with Crippen LogP contribution in [-0.4, -0.2) is 49.4 Å². The number of hydrogen-bond donors (Lipinski definition) is 1. The van der Waals surface area contributed by atoms with E-state index in [1.165, 1.54) is 12.1 Å². The maximum atomic E-state index is 12.5. The first-order valence-electron chi connectivity index (χ1n) is 12.8. The lowest BCUT2D eigenvalue weighted by atomic mass is 10.0. The van der Waals surface area contributed by atoms with E-state index in [1.54, 1.807) is 19.9 Å². The fourth-order valence-corrected chi connectivity index (χ4v) is 3.03. The van der Waals surface area contributed by atoms with E-state index in [0.29, 0.717) is 5.56 Å². The number of nitrogens with two attached hydrogens (primary N) is 1. The molecule has 10 nitrogen and oxygen atoms in total. The van der Waals surface area contributed by atoms with Crippen LogP contribution in [-0.2, 0) is 35.0 Å². The van der Waals surface area contributed by atoms with Crippen molar-refractivity contribution in [2.45, 2.75) is 85.8 Å². The minimum Gasteiger partial charge on any atom is -0.458 e. The van der Waals surface area contributed by atoms with Crippen molar-refractivity contribution in [2.24, 2.45) is 17.6 Å². The predicted octanol–water partition coefficient (Wildman–Crippen LogP) is 4.34. The number of carbonyl (C=O) groups excluding carboxylic acids is 4. The normalized spacial score (nSPS) is 14.0. The molecule has 0 bridgehead atoms. The highest BCUT2D eigenvalue weighted by atomic mass is 16.7. The summed E-state index contributed by atoms with van der Waals surface area (Å²) in [6, 6.07) is 3.65. The van der Waals surface area contributed by atoms with Gasteiger partial charge in [-0.05, 0) is 49.8 Å². The molecule has 0 saturated heterocycles. The minimum absolute atomic E-state index is 0.0707. The zero-order valence-corrected chi connectivity index (χ0v) is 22.7. The molecular formula is C27H41NO9. The second-order valence-corrected chi connectivity index (χ2v) is 9.22. The Labute approximate surface area is 219 Å². The van der Waals surface area contributed by atoms with Crippen LogP contribution in [0, 0.1) is 11.8 Å². The van der Waals surface area contributed by atoms with Crippen molar-refractivity contribution in [1.29, 1.82) is 0 Å². The largest absolute Gasteiger partial charge is 0.508 e. The number of hydrogen-bond acceptors (Lipinski definition) is 10. The van der Waals surface area contributed by atoms with Gasteiger partial charge >= 0.3 is 24.1 Å². The van der Waals surface area contributed by atoms with Crippen LogP contribution >= 0.6 is 0 Å². The molecule has 0 aliphatic heterocycles. The third-order valence-corrected chi connectivity index (χ3v) is 5.65. The van der Waals surface area contributed by atoms with Crippen molar-refractivity contribution in [3.63, 3.8) is 0 Å². The summed E-state index contributed by atoms with van der Waals surface area (Å²) in [5, 5.41) is 0. The van der Waals surface area contributed by atoms with Gasteiger partial charge in [-0.1, -0.05) is 46.6 Å². The first-order chi connectivity index (χ1) is 17.5. The molecule has 0 radical (unpaired) electrons. The van der Waals surface area contributed by atoms with Gasteiger partial charge in [-0.25, -0.2) is 4.79 Å². The molecule has 0 aromatic heterocycles. The fourth-order valence-electron chi connectivity index (χ4n) is 3.03. The van der Waals surface area contributed by atoms with Gasteiger partial charge in [0.1, 0.15) is 18.8 Å². The second-order valence-electron chi connectivity index (χ2n) is 9.22. The molecule has 0 aliphatic rings. The Hall–Kier alpha value is -3.14. The summed E-state index contributed by atoms with van der Waals surface area (Å²) < 4.78 is 25.7. The molecule has 0 spiro atoms. The van der Waals surface area contributed by atoms with E-state index in [-0.39, 0.29) is 55.8 Å². The SMILES string of the molecule is CCOC(=O)OC[C@H](C)OC(=O)[C@@H](N)Cc1ccc(OC(=O)CC(C)CC)c(OC(=O)CC(C)CC)c1. The lowest BCUT2D eigenvalue weighted by Gasteiger charge is -2.18. The summed E-state index contributed by atoms with van der Waals surface area (Å²) in [5.41, 5.74) is 6.60. The molecule has 4 atom stereocenters. The molecule has 37 heavy (non-hydrogen) atoms. The van der Waals surface area contributed by atoms with Crippen molar-refractivity contribution in [2.75, 3.05) is 13.2 Å². The van der Waals surface area contributed by atoms with Gasteiger partial charge in [-0.3, -0.25) is 14.4 Å². The first-order valence-corrected chi connectivity index (χ1v) is 12.8. The van der Waals surface area contributed by atoms with E-state index in [9.17, 15) is 19.2 Å². The Morgan fingerprint density at radius 1 is 0.838 bits per heavy atom. The van der Waals surface area contributed by atoms with E-state index < -0.39 is 36.2 Å². The topological polar surface area (TPSA) is 140 Å². The van der Waals surface area contributed by atoms with Gasteiger partial charge < -0.3 is 29.4 Å². The minimum atomic E-state index is -1.03. The number of ether oxygens (including phenoxy) is 5. The van der Waals surface area contributed by atoms with Crippen LogP contribution in [0.1, 0.15) is 72.8 Å². The molecule has 1 aromatic carbocycles. The highest BCUT2D eigenvalue weighted by Gasteiger charge is 2.22. The van der Waals surface area contributed by atoms with Gasteiger partial charge in [-0.2, -0.15) is 0 Å². The molecule has 2 N–H and O–H groups in total. The third kappa shape index (κ3) is 12.6. The quantitative estimate of drug-likeness (QED) is 0.261. The molecule has 1 rings (SSSR count). The molecule has 208 valence electrons. The van der Waals surface area contributed by atoms with Gasteiger partial charge in [0, 0.05) is 12.8 Å². The van der Waals surface area contributed by atoms with Crippen LogP contribution in [0.2, 0.25) is 0 Å². The van der Waals surface area contributed by atoms with Crippen molar-refractivity contribution in [1.82, 2.24) is 0 Å². The summed E-state index contributed by atoms with van der Waals surface area (Å²) in [6.45, 7) is 11.0. The monoisotopic (exact) mass is 523 g/mol. The lowest BCUT2D eigenvalue weighted by molar-refractivity contribution is -0.152. The third-order valence-electron chi connectivity index (χ3n) is 5.65. The number of benzene rings is 1. The highest BCUT2D eigenvalue weighted by molar-refractivity contribution is 5.77. The standard InChI is InChI=1S/C27H41NO9/c1-7-17(4)12-24(29)36-22-11-10-20(15-23(22)37-25(30)13-18(5)8-2)14-21(28)26(31)35-19(6)16-34-27(32)33-9-3/h10-11,15,17-19,21H,7-9,12-14,16,28H2,1-6H3/t17?,18?,19-,21-/m0/s1. The molecular weight excluding hydrogens is 482 g/mol. The summed E-state index contributed by atoms with van der Waals surface area (Å²) >= 11 is 0. The van der Waals surface area contributed by atoms with Crippen molar-refractivity contribution >= 4 is 24.1 Å². The molecule has 0 saturated carbocycles. The Morgan fingerprint density at radius 2 is 1.41 bits per heavy atom. The fraction of sp³-hybridized carbons (Fsp3) is 0.630. The zero-order chi connectivity index (χ0) is 28.0. The molecule has 0 amide bonds. The van der Waals surface area contributed by atoms with Crippen LogP contribution in [0.3, 0.4) is 0 Å². The maximum absolute atomic E-state index is 12.5. The van der Waals surface area contributed by atoms with Gasteiger partial charge in [0.05, 0.1) is 6.61 Å².